The Morgan fingerprint density at radius 1 is 1.10 bits per heavy atom. The lowest BCUT2D eigenvalue weighted by Gasteiger charge is -2.28. The minimum absolute atomic E-state index is 0.588. The van der Waals surface area contributed by atoms with Crippen LogP contribution in [-0.2, 0) is 19.9 Å². The van der Waals surface area contributed by atoms with Gasteiger partial charge in [-0.3, -0.25) is 4.68 Å². The summed E-state index contributed by atoms with van der Waals surface area (Å²) in [5.74, 6) is 0.784. The monoisotopic (exact) mass is 293 g/mol. The highest BCUT2D eigenvalue weighted by Gasteiger charge is 2.21. The summed E-state index contributed by atoms with van der Waals surface area (Å²) >= 11 is 0. The summed E-state index contributed by atoms with van der Waals surface area (Å²) in [6.07, 6.45) is 8.54. The summed E-state index contributed by atoms with van der Waals surface area (Å²) in [4.78, 5) is 0. The molecule has 0 aliphatic rings. The molecule has 0 aliphatic heterocycles. The van der Waals surface area contributed by atoms with Crippen LogP contribution in [-0.4, -0.2) is 22.4 Å². The van der Waals surface area contributed by atoms with Gasteiger partial charge in [-0.2, -0.15) is 5.10 Å². The molecule has 1 unspecified atom stereocenters. The van der Waals surface area contributed by atoms with Crippen LogP contribution in [0.3, 0.4) is 0 Å². The second-order valence-electron chi connectivity index (χ2n) is 6.21. The van der Waals surface area contributed by atoms with Crippen molar-refractivity contribution in [2.24, 2.45) is 13.0 Å². The van der Waals surface area contributed by atoms with Gasteiger partial charge in [0, 0.05) is 25.2 Å². The number of aryl methyl sites for hydroxylation is 2. The maximum absolute atomic E-state index is 4.60. The molecule has 1 aromatic rings. The Labute approximate surface area is 131 Å². The van der Waals surface area contributed by atoms with Gasteiger partial charge in [-0.05, 0) is 44.2 Å². The van der Waals surface area contributed by atoms with E-state index in [1.165, 1.54) is 43.5 Å². The first-order valence-electron chi connectivity index (χ1n) is 8.91. The Balaban J connectivity index is 2.81. The van der Waals surface area contributed by atoms with Crippen molar-refractivity contribution in [3.8, 4) is 0 Å². The van der Waals surface area contributed by atoms with Crippen molar-refractivity contribution >= 4 is 0 Å². The average molecular weight is 293 g/mol. The second-order valence-corrected chi connectivity index (χ2v) is 6.21. The lowest BCUT2D eigenvalue weighted by molar-refractivity contribution is 0.305. The van der Waals surface area contributed by atoms with Crippen LogP contribution in [0, 0.1) is 5.92 Å². The smallest absolute Gasteiger partial charge is 0.0624 e. The maximum Gasteiger partial charge on any atom is 0.0624 e. The topological polar surface area (TPSA) is 29.9 Å². The quantitative estimate of drug-likeness (QED) is 0.665. The molecule has 0 spiro atoms. The third-order valence-electron chi connectivity index (χ3n) is 4.36. The van der Waals surface area contributed by atoms with Crippen molar-refractivity contribution in [2.45, 2.75) is 78.7 Å². The Hall–Kier alpha value is -0.830. The van der Waals surface area contributed by atoms with Gasteiger partial charge in [0.05, 0.1) is 5.69 Å². The molecule has 0 saturated carbocycles. The molecule has 21 heavy (non-hydrogen) atoms. The van der Waals surface area contributed by atoms with Crippen molar-refractivity contribution in [1.29, 1.82) is 0 Å². The summed E-state index contributed by atoms with van der Waals surface area (Å²) in [6, 6.07) is 2.88. The molecule has 1 rings (SSSR count). The predicted octanol–water partition coefficient (Wildman–Crippen LogP) is 4.11. The molecule has 3 nitrogen and oxygen atoms in total. The lowest BCUT2D eigenvalue weighted by Crippen LogP contribution is -2.39. The Bertz CT molecular complexity index is 378. The third-order valence-corrected chi connectivity index (χ3v) is 4.36. The molecule has 0 fully saturated rings. The Morgan fingerprint density at radius 2 is 1.76 bits per heavy atom. The van der Waals surface area contributed by atoms with E-state index in [0.717, 1.165) is 25.3 Å². The van der Waals surface area contributed by atoms with E-state index in [2.05, 4.69) is 55.9 Å². The molecule has 0 amide bonds. The SMILES string of the molecule is CCCNC(Cc1cc(CC)nn1C)C(CCC)CCC. The first kappa shape index (κ1) is 18.2. The van der Waals surface area contributed by atoms with Crippen molar-refractivity contribution in [3.05, 3.63) is 17.5 Å². The van der Waals surface area contributed by atoms with Gasteiger partial charge in [-0.15, -0.1) is 0 Å². The molecule has 0 saturated heterocycles. The van der Waals surface area contributed by atoms with Gasteiger partial charge in [-0.1, -0.05) is 40.5 Å². The van der Waals surface area contributed by atoms with Crippen molar-refractivity contribution in [2.75, 3.05) is 6.54 Å². The summed E-state index contributed by atoms with van der Waals surface area (Å²) in [5, 5.41) is 8.40. The molecule has 0 aliphatic carbocycles. The maximum atomic E-state index is 4.60. The number of aromatic nitrogens is 2. The van der Waals surface area contributed by atoms with Crippen LogP contribution in [0.2, 0.25) is 0 Å². The molecule has 1 atom stereocenters. The van der Waals surface area contributed by atoms with Gasteiger partial charge >= 0.3 is 0 Å². The molecule has 3 heteroatoms. The van der Waals surface area contributed by atoms with Gasteiger partial charge < -0.3 is 5.32 Å². The minimum Gasteiger partial charge on any atom is -0.313 e. The van der Waals surface area contributed by atoms with Crippen molar-refractivity contribution in [3.63, 3.8) is 0 Å². The van der Waals surface area contributed by atoms with E-state index in [-0.39, 0.29) is 0 Å². The van der Waals surface area contributed by atoms with Gasteiger partial charge in [0.2, 0.25) is 0 Å². The van der Waals surface area contributed by atoms with Gasteiger partial charge in [0.25, 0.3) is 0 Å². The van der Waals surface area contributed by atoms with Crippen LogP contribution in [0.5, 0.6) is 0 Å². The normalized spacial score (nSPS) is 13.0. The largest absolute Gasteiger partial charge is 0.313 e. The summed E-state index contributed by atoms with van der Waals surface area (Å²) < 4.78 is 2.08. The first-order chi connectivity index (χ1) is 10.2. The standard InChI is InChI=1S/C18H35N3/c1-6-10-15(11-7-2)18(19-12-8-3)14-17-13-16(9-4)20-21(17)5/h13,15,18-19H,6-12,14H2,1-5H3. The summed E-state index contributed by atoms with van der Waals surface area (Å²) in [6.45, 7) is 10.2. The first-order valence-corrected chi connectivity index (χ1v) is 8.91. The fourth-order valence-electron chi connectivity index (χ4n) is 3.18. The molecule has 1 heterocycles. The van der Waals surface area contributed by atoms with Gasteiger partial charge in [-0.25, -0.2) is 0 Å². The fourth-order valence-corrected chi connectivity index (χ4v) is 3.18. The van der Waals surface area contributed by atoms with Crippen LogP contribution in [0.4, 0.5) is 0 Å². The van der Waals surface area contributed by atoms with E-state index < -0.39 is 0 Å². The molecular formula is C18H35N3. The fraction of sp³-hybridized carbons (Fsp3) is 0.833. The minimum atomic E-state index is 0.588. The molecule has 122 valence electrons. The Kier molecular flexibility index (Phi) is 8.67. The van der Waals surface area contributed by atoms with Crippen molar-refractivity contribution in [1.82, 2.24) is 15.1 Å². The number of hydrogen-bond donors (Lipinski definition) is 1. The molecule has 1 N–H and O–H groups in total. The molecular weight excluding hydrogens is 258 g/mol. The number of nitrogens with zero attached hydrogens (tertiary/aromatic N) is 2. The predicted molar refractivity (Wildman–Crippen MR) is 91.7 cm³/mol. The summed E-state index contributed by atoms with van der Waals surface area (Å²) in [5.41, 5.74) is 2.59. The molecule has 0 aromatic carbocycles. The van der Waals surface area contributed by atoms with Crippen LogP contribution in [0.25, 0.3) is 0 Å². The van der Waals surface area contributed by atoms with Crippen molar-refractivity contribution < 1.29 is 0 Å². The van der Waals surface area contributed by atoms with E-state index in [0.29, 0.717) is 6.04 Å². The molecule has 0 radical (unpaired) electrons. The third kappa shape index (κ3) is 5.82. The van der Waals surface area contributed by atoms with Crippen LogP contribution >= 0.6 is 0 Å². The van der Waals surface area contributed by atoms with Crippen LogP contribution < -0.4 is 5.32 Å². The zero-order valence-corrected chi connectivity index (χ0v) is 14.8. The number of nitrogens with one attached hydrogen (secondary N) is 1. The lowest BCUT2D eigenvalue weighted by atomic mass is 9.87. The average Bonchev–Trinajstić information content (AvgIpc) is 2.83. The van der Waals surface area contributed by atoms with Crippen LogP contribution in [0.15, 0.2) is 6.07 Å². The van der Waals surface area contributed by atoms with Crippen LogP contribution in [0.1, 0.15) is 71.2 Å². The number of hydrogen-bond acceptors (Lipinski definition) is 2. The van der Waals surface area contributed by atoms with E-state index in [1.54, 1.807) is 0 Å². The zero-order valence-electron chi connectivity index (χ0n) is 14.8. The van der Waals surface area contributed by atoms with Gasteiger partial charge in [0.15, 0.2) is 0 Å². The van der Waals surface area contributed by atoms with E-state index in [4.69, 9.17) is 0 Å². The van der Waals surface area contributed by atoms with E-state index >= 15 is 0 Å². The van der Waals surface area contributed by atoms with E-state index in [1.807, 2.05) is 0 Å². The highest BCUT2D eigenvalue weighted by Crippen LogP contribution is 2.21. The van der Waals surface area contributed by atoms with E-state index in [9.17, 15) is 0 Å². The Morgan fingerprint density at radius 3 is 2.24 bits per heavy atom. The number of rotatable bonds is 11. The second kappa shape index (κ2) is 9.99. The highest BCUT2D eigenvalue weighted by molar-refractivity contribution is 5.12. The molecule has 1 aromatic heterocycles. The summed E-state index contributed by atoms with van der Waals surface area (Å²) in [7, 11) is 2.08. The molecule has 0 bridgehead atoms. The zero-order chi connectivity index (χ0) is 15.7. The highest BCUT2D eigenvalue weighted by atomic mass is 15.3. The van der Waals surface area contributed by atoms with Gasteiger partial charge in [0.1, 0.15) is 0 Å².